The summed E-state index contributed by atoms with van der Waals surface area (Å²) in [4.78, 5) is 11.9. The Balaban J connectivity index is 1.53. The molecule has 1 saturated heterocycles. The van der Waals surface area contributed by atoms with Gasteiger partial charge in [-0.25, -0.2) is 9.97 Å². The second-order valence-corrected chi connectivity index (χ2v) is 6.92. The summed E-state index contributed by atoms with van der Waals surface area (Å²) in [7, 11) is 0. The first-order valence-corrected chi connectivity index (χ1v) is 9.48. The van der Waals surface area contributed by atoms with Crippen molar-refractivity contribution in [2.24, 2.45) is 0 Å². The van der Waals surface area contributed by atoms with E-state index in [0.717, 1.165) is 67.3 Å². The highest BCUT2D eigenvalue weighted by Gasteiger charge is 2.14. The van der Waals surface area contributed by atoms with Crippen LogP contribution in [0.4, 0.5) is 5.82 Å². The highest BCUT2D eigenvalue weighted by Crippen LogP contribution is 2.25. The van der Waals surface area contributed by atoms with Gasteiger partial charge in [0.15, 0.2) is 5.65 Å². The lowest BCUT2D eigenvalue weighted by Crippen LogP contribution is -2.39. The minimum absolute atomic E-state index is 0.554. The quantitative estimate of drug-likeness (QED) is 0.593. The van der Waals surface area contributed by atoms with E-state index in [2.05, 4.69) is 21.3 Å². The predicted molar refractivity (Wildman–Crippen MR) is 108 cm³/mol. The highest BCUT2D eigenvalue weighted by molar-refractivity contribution is 5.91. The van der Waals surface area contributed by atoms with Crippen LogP contribution in [0, 0.1) is 11.3 Å². The molecule has 0 amide bonds. The molecule has 0 unspecified atom stereocenters. The molecule has 3 aromatic heterocycles. The molecule has 5 rings (SSSR count). The van der Waals surface area contributed by atoms with Crippen molar-refractivity contribution in [1.82, 2.24) is 19.3 Å². The van der Waals surface area contributed by atoms with Crippen LogP contribution in [-0.4, -0.2) is 58.7 Å². The van der Waals surface area contributed by atoms with E-state index in [0.29, 0.717) is 11.2 Å². The smallest absolute Gasteiger partial charge is 0.157 e. The molecule has 1 N–H and O–H groups in total. The van der Waals surface area contributed by atoms with Gasteiger partial charge >= 0.3 is 0 Å². The number of fused-ring (bicyclic) bond motifs is 5. The van der Waals surface area contributed by atoms with Gasteiger partial charge in [0, 0.05) is 31.6 Å². The molecule has 0 aliphatic carbocycles. The van der Waals surface area contributed by atoms with Gasteiger partial charge in [0.2, 0.25) is 0 Å². The highest BCUT2D eigenvalue weighted by atomic mass is 16.5. The average molecular weight is 372 g/mol. The van der Waals surface area contributed by atoms with E-state index in [1.165, 1.54) is 0 Å². The number of ether oxygens (including phenoxy) is 1. The largest absolute Gasteiger partial charge is 0.379 e. The van der Waals surface area contributed by atoms with Gasteiger partial charge in [-0.15, -0.1) is 0 Å². The Morgan fingerprint density at radius 3 is 2.79 bits per heavy atom. The molecule has 1 aliphatic heterocycles. The van der Waals surface area contributed by atoms with Crippen molar-refractivity contribution in [3.8, 4) is 6.07 Å². The van der Waals surface area contributed by atoms with Crippen LogP contribution in [0.1, 0.15) is 5.56 Å². The van der Waals surface area contributed by atoms with E-state index >= 15 is 0 Å². The van der Waals surface area contributed by atoms with Gasteiger partial charge in [-0.2, -0.15) is 5.26 Å². The fraction of sp³-hybridized carbons (Fsp3) is 0.286. The molecule has 7 nitrogen and oxygen atoms in total. The Morgan fingerprint density at radius 1 is 1.07 bits per heavy atom. The first-order chi connectivity index (χ1) is 13.8. The monoisotopic (exact) mass is 372 g/mol. The zero-order chi connectivity index (χ0) is 18.9. The number of benzene rings is 1. The van der Waals surface area contributed by atoms with Gasteiger partial charge < -0.3 is 10.1 Å². The van der Waals surface area contributed by atoms with Crippen molar-refractivity contribution in [2.45, 2.75) is 0 Å². The SMILES string of the molecule is N#Cc1cc2ccc(NCCN3CCOCC3)nc2n2c1nc1ccccc12. The molecule has 0 bridgehead atoms. The van der Waals surface area contributed by atoms with Gasteiger partial charge in [0.25, 0.3) is 0 Å². The lowest BCUT2D eigenvalue weighted by atomic mass is 10.2. The number of morpholine rings is 1. The van der Waals surface area contributed by atoms with Crippen LogP contribution in [0.5, 0.6) is 0 Å². The minimum Gasteiger partial charge on any atom is -0.379 e. The molecule has 28 heavy (non-hydrogen) atoms. The number of aromatic nitrogens is 3. The molecule has 0 saturated carbocycles. The number of pyridine rings is 2. The molecular formula is C21H20N6O. The molecule has 4 heterocycles. The predicted octanol–water partition coefficient (Wildman–Crippen LogP) is 2.65. The normalized spacial score (nSPS) is 15.2. The fourth-order valence-electron chi connectivity index (χ4n) is 3.74. The summed E-state index contributed by atoms with van der Waals surface area (Å²) in [6, 6.07) is 16.0. The minimum atomic E-state index is 0.554. The Morgan fingerprint density at radius 2 is 1.93 bits per heavy atom. The molecule has 1 aromatic carbocycles. The van der Waals surface area contributed by atoms with Gasteiger partial charge in [-0.3, -0.25) is 9.30 Å². The van der Waals surface area contributed by atoms with Gasteiger partial charge in [-0.1, -0.05) is 12.1 Å². The summed E-state index contributed by atoms with van der Waals surface area (Å²) >= 11 is 0. The number of anilines is 1. The number of nitrogens with one attached hydrogen (secondary N) is 1. The maximum absolute atomic E-state index is 9.57. The zero-order valence-corrected chi connectivity index (χ0v) is 15.4. The summed E-state index contributed by atoms with van der Waals surface area (Å²) < 4.78 is 7.38. The van der Waals surface area contributed by atoms with Crippen molar-refractivity contribution in [1.29, 1.82) is 5.26 Å². The van der Waals surface area contributed by atoms with E-state index < -0.39 is 0 Å². The van der Waals surface area contributed by atoms with Crippen molar-refractivity contribution in [2.75, 3.05) is 44.7 Å². The fourth-order valence-corrected chi connectivity index (χ4v) is 3.74. The van der Waals surface area contributed by atoms with E-state index in [9.17, 15) is 5.26 Å². The van der Waals surface area contributed by atoms with Crippen LogP contribution < -0.4 is 5.32 Å². The third kappa shape index (κ3) is 2.93. The lowest BCUT2D eigenvalue weighted by Gasteiger charge is -2.26. The Kier molecular flexibility index (Phi) is 4.28. The maximum atomic E-state index is 9.57. The Labute approximate surface area is 162 Å². The lowest BCUT2D eigenvalue weighted by molar-refractivity contribution is 0.0398. The van der Waals surface area contributed by atoms with Gasteiger partial charge in [0.1, 0.15) is 17.5 Å². The molecule has 0 spiro atoms. The zero-order valence-electron chi connectivity index (χ0n) is 15.4. The molecule has 7 heteroatoms. The summed E-state index contributed by atoms with van der Waals surface area (Å²) in [5, 5.41) is 13.9. The second kappa shape index (κ2) is 7.08. The van der Waals surface area contributed by atoms with Crippen molar-refractivity contribution >= 4 is 33.5 Å². The third-order valence-electron chi connectivity index (χ3n) is 5.18. The van der Waals surface area contributed by atoms with E-state index in [4.69, 9.17) is 9.72 Å². The van der Waals surface area contributed by atoms with Crippen LogP contribution >= 0.6 is 0 Å². The number of rotatable bonds is 4. The Bertz CT molecular complexity index is 1200. The van der Waals surface area contributed by atoms with E-state index in [1.807, 2.05) is 46.9 Å². The number of nitriles is 1. The first kappa shape index (κ1) is 16.9. The average Bonchev–Trinajstić information content (AvgIpc) is 3.14. The first-order valence-electron chi connectivity index (χ1n) is 9.48. The standard InChI is InChI=1S/C21H20N6O/c22-14-16-13-15-5-6-19(23-7-8-26-9-11-28-12-10-26)25-20(15)27-18-4-2-1-3-17(18)24-21(16)27/h1-6,13H,7-12H2,(H,23,25). The molecule has 4 aromatic rings. The van der Waals surface area contributed by atoms with Crippen LogP contribution in [0.2, 0.25) is 0 Å². The number of para-hydroxylation sites is 2. The number of hydrogen-bond donors (Lipinski definition) is 1. The van der Waals surface area contributed by atoms with Crippen molar-refractivity contribution < 1.29 is 4.74 Å². The summed E-state index contributed by atoms with van der Waals surface area (Å²) in [6.07, 6.45) is 0. The number of hydrogen-bond acceptors (Lipinski definition) is 6. The number of nitrogens with zero attached hydrogens (tertiary/aromatic N) is 5. The molecule has 0 atom stereocenters. The number of imidazole rings is 1. The molecule has 1 aliphatic rings. The van der Waals surface area contributed by atoms with Crippen molar-refractivity contribution in [3.05, 3.63) is 48.0 Å². The summed E-state index contributed by atoms with van der Waals surface area (Å²) in [5.74, 6) is 0.824. The van der Waals surface area contributed by atoms with Crippen molar-refractivity contribution in [3.63, 3.8) is 0 Å². The molecule has 0 radical (unpaired) electrons. The van der Waals surface area contributed by atoms with Gasteiger partial charge in [-0.05, 0) is 30.3 Å². The Hall–Kier alpha value is -3.21. The molecule has 1 fully saturated rings. The maximum Gasteiger partial charge on any atom is 0.157 e. The van der Waals surface area contributed by atoms with Gasteiger partial charge in [0.05, 0.1) is 29.8 Å². The third-order valence-corrected chi connectivity index (χ3v) is 5.18. The summed E-state index contributed by atoms with van der Waals surface area (Å²) in [6.45, 7) is 5.35. The van der Waals surface area contributed by atoms with E-state index in [-0.39, 0.29) is 0 Å². The molecule has 140 valence electrons. The summed E-state index contributed by atoms with van der Waals surface area (Å²) in [5.41, 5.74) is 3.82. The van der Waals surface area contributed by atoms with Crippen LogP contribution in [0.25, 0.3) is 27.7 Å². The topological polar surface area (TPSA) is 78.5 Å². The van der Waals surface area contributed by atoms with Crippen LogP contribution in [0.15, 0.2) is 42.5 Å². The molecular weight excluding hydrogens is 352 g/mol. The van der Waals surface area contributed by atoms with Crippen LogP contribution in [0.3, 0.4) is 0 Å². The van der Waals surface area contributed by atoms with E-state index in [1.54, 1.807) is 0 Å². The second-order valence-electron chi connectivity index (χ2n) is 6.92. The van der Waals surface area contributed by atoms with Crippen LogP contribution in [-0.2, 0) is 4.74 Å².